The number of carbonyl (C=O) groups is 1. The van der Waals surface area contributed by atoms with Gasteiger partial charge in [0.25, 0.3) is 0 Å². The van der Waals surface area contributed by atoms with E-state index < -0.39 is 0 Å². The summed E-state index contributed by atoms with van der Waals surface area (Å²) < 4.78 is 1.93. The quantitative estimate of drug-likeness (QED) is 0.415. The van der Waals surface area contributed by atoms with Crippen LogP contribution in [0.3, 0.4) is 0 Å². The Labute approximate surface area is 77.0 Å². The molecule has 5 heteroatoms. The molecule has 62 valence electrons. The highest BCUT2D eigenvalue weighted by Crippen LogP contribution is 2.02. The van der Waals surface area contributed by atoms with Gasteiger partial charge in [0, 0.05) is 10.7 Å². The third-order valence-corrected chi connectivity index (χ3v) is 1.78. The predicted octanol–water partition coefficient (Wildman–Crippen LogP) is 0.754. The molecular formula is C7H6BrN3O. The lowest BCUT2D eigenvalue weighted by Crippen LogP contribution is -2.26. The van der Waals surface area contributed by atoms with Crippen LogP contribution in [-0.4, -0.2) is 16.7 Å². The van der Waals surface area contributed by atoms with E-state index in [1.54, 1.807) is 6.07 Å². The maximum absolute atomic E-state index is 10.2. The van der Waals surface area contributed by atoms with Crippen molar-refractivity contribution in [3.63, 3.8) is 0 Å². The summed E-state index contributed by atoms with van der Waals surface area (Å²) in [5.74, 6) is -0.243. The highest BCUT2D eigenvalue weighted by atomic mass is 79.9. The molecule has 12 heavy (non-hydrogen) atoms. The van der Waals surface area contributed by atoms with Crippen molar-refractivity contribution in [2.24, 2.45) is 0 Å². The number of aldehydes is 1. The molecule has 0 spiro atoms. The minimum absolute atomic E-state index is 0.0986. The van der Waals surface area contributed by atoms with Crippen LogP contribution in [0.15, 0.2) is 22.8 Å². The van der Waals surface area contributed by atoms with Crippen molar-refractivity contribution >= 4 is 28.1 Å². The number of hydrogen-bond acceptors (Lipinski definition) is 3. The molecule has 1 heterocycles. The summed E-state index contributed by atoms with van der Waals surface area (Å²) in [5, 5.41) is 14.5. The molecule has 1 aromatic heterocycles. The smallest absolute Gasteiger partial charge is 0.185 e. The van der Waals surface area contributed by atoms with Gasteiger partial charge in [0.05, 0.1) is 0 Å². The predicted molar refractivity (Wildman–Crippen MR) is 47.2 cm³/mol. The van der Waals surface area contributed by atoms with Gasteiger partial charge in [-0.25, -0.2) is 0 Å². The highest BCUT2D eigenvalue weighted by Gasteiger charge is 1.97. The van der Waals surface area contributed by atoms with Crippen LogP contribution in [0.25, 0.3) is 0 Å². The van der Waals surface area contributed by atoms with Crippen LogP contribution >= 0.6 is 15.9 Å². The SMILES string of the molecule is N=C(C=O)n1ccc(Br)cc1=N. The van der Waals surface area contributed by atoms with E-state index in [2.05, 4.69) is 15.9 Å². The first-order valence-electron chi connectivity index (χ1n) is 3.12. The van der Waals surface area contributed by atoms with Crippen molar-refractivity contribution in [1.82, 2.24) is 4.57 Å². The van der Waals surface area contributed by atoms with Crippen LogP contribution in [0.1, 0.15) is 0 Å². The average Bonchev–Trinajstić information content (AvgIpc) is 2.03. The summed E-state index contributed by atoms with van der Waals surface area (Å²) in [6.07, 6.45) is 1.88. The van der Waals surface area contributed by atoms with E-state index in [9.17, 15) is 4.79 Å². The molecule has 0 amide bonds. The Morgan fingerprint density at radius 3 is 2.83 bits per heavy atom. The van der Waals surface area contributed by atoms with Crippen LogP contribution in [0.5, 0.6) is 0 Å². The first-order chi connectivity index (χ1) is 5.65. The lowest BCUT2D eigenvalue weighted by atomic mass is 10.4. The Kier molecular flexibility index (Phi) is 2.54. The zero-order valence-corrected chi connectivity index (χ0v) is 7.63. The van der Waals surface area contributed by atoms with E-state index in [0.717, 1.165) is 4.47 Å². The summed E-state index contributed by atoms with van der Waals surface area (Å²) in [6, 6.07) is 3.17. The van der Waals surface area contributed by atoms with Gasteiger partial charge < -0.3 is 0 Å². The topological polar surface area (TPSA) is 69.7 Å². The van der Waals surface area contributed by atoms with Crippen molar-refractivity contribution in [2.75, 3.05) is 0 Å². The van der Waals surface area contributed by atoms with Crippen molar-refractivity contribution < 1.29 is 4.79 Å². The molecule has 0 saturated heterocycles. The van der Waals surface area contributed by atoms with Gasteiger partial charge in [0.2, 0.25) is 0 Å². The molecule has 0 fully saturated rings. The van der Waals surface area contributed by atoms with E-state index in [-0.39, 0.29) is 11.3 Å². The fraction of sp³-hybridized carbons (Fsp3) is 0. The molecule has 0 aliphatic rings. The van der Waals surface area contributed by atoms with Gasteiger partial charge in [0.15, 0.2) is 12.1 Å². The second kappa shape index (κ2) is 3.44. The van der Waals surface area contributed by atoms with E-state index >= 15 is 0 Å². The number of carbonyl (C=O) groups excluding carboxylic acids is 1. The van der Waals surface area contributed by atoms with Crippen LogP contribution in [-0.2, 0) is 4.79 Å². The maximum atomic E-state index is 10.2. The van der Waals surface area contributed by atoms with Gasteiger partial charge in [-0.1, -0.05) is 15.9 Å². The Morgan fingerprint density at radius 1 is 1.67 bits per heavy atom. The zero-order valence-electron chi connectivity index (χ0n) is 6.04. The number of hydrogen-bond donors (Lipinski definition) is 2. The molecule has 0 unspecified atom stereocenters. The van der Waals surface area contributed by atoms with Gasteiger partial charge in [-0.2, -0.15) is 0 Å². The molecule has 0 radical (unpaired) electrons. The largest absolute Gasteiger partial charge is 0.294 e. The minimum Gasteiger partial charge on any atom is -0.294 e. The normalized spacial score (nSPS) is 9.42. The molecular weight excluding hydrogens is 222 g/mol. The summed E-state index contributed by atoms with van der Waals surface area (Å²) >= 11 is 3.18. The number of halogens is 1. The molecule has 0 saturated carbocycles. The Morgan fingerprint density at radius 2 is 2.33 bits per heavy atom. The summed E-state index contributed by atoms with van der Waals surface area (Å²) in [5.41, 5.74) is 0.0986. The van der Waals surface area contributed by atoms with Gasteiger partial charge in [-0.15, -0.1) is 0 Å². The lowest BCUT2D eigenvalue weighted by molar-refractivity contribution is -0.102. The molecule has 0 aliphatic heterocycles. The molecule has 0 aromatic carbocycles. The van der Waals surface area contributed by atoms with Crippen molar-refractivity contribution in [3.8, 4) is 0 Å². The third kappa shape index (κ3) is 1.68. The van der Waals surface area contributed by atoms with Crippen LogP contribution < -0.4 is 5.49 Å². The highest BCUT2D eigenvalue weighted by molar-refractivity contribution is 9.10. The molecule has 0 bridgehead atoms. The number of pyridine rings is 1. The Bertz CT molecular complexity index is 382. The molecule has 4 nitrogen and oxygen atoms in total. The summed E-state index contributed by atoms with van der Waals surface area (Å²) in [7, 11) is 0. The van der Waals surface area contributed by atoms with Crippen molar-refractivity contribution in [1.29, 1.82) is 10.8 Å². The minimum atomic E-state index is -0.243. The summed E-state index contributed by atoms with van der Waals surface area (Å²) in [4.78, 5) is 10.2. The van der Waals surface area contributed by atoms with Gasteiger partial charge in [0.1, 0.15) is 5.49 Å². The second-order valence-corrected chi connectivity index (χ2v) is 3.02. The van der Waals surface area contributed by atoms with E-state index in [4.69, 9.17) is 10.8 Å². The van der Waals surface area contributed by atoms with Crippen LogP contribution in [0, 0.1) is 10.8 Å². The van der Waals surface area contributed by atoms with Crippen molar-refractivity contribution in [2.45, 2.75) is 0 Å². The third-order valence-electron chi connectivity index (χ3n) is 1.29. The monoisotopic (exact) mass is 227 g/mol. The fourth-order valence-electron chi connectivity index (χ4n) is 0.741. The fourth-order valence-corrected chi connectivity index (χ4v) is 1.08. The average molecular weight is 228 g/mol. The number of rotatable bonds is 1. The molecule has 1 rings (SSSR count). The van der Waals surface area contributed by atoms with Gasteiger partial charge >= 0.3 is 0 Å². The van der Waals surface area contributed by atoms with E-state index in [0.29, 0.717) is 6.29 Å². The standard InChI is InChI=1S/C7H6BrN3O/c8-5-1-2-11(6(9)3-5)7(10)4-12/h1-4,9-10H. The molecule has 2 N–H and O–H groups in total. The first-order valence-corrected chi connectivity index (χ1v) is 3.91. The second-order valence-electron chi connectivity index (χ2n) is 2.10. The van der Waals surface area contributed by atoms with E-state index in [1.165, 1.54) is 16.8 Å². The Hall–Kier alpha value is -1.23. The van der Waals surface area contributed by atoms with Crippen LogP contribution in [0.4, 0.5) is 0 Å². The van der Waals surface area contributed by atoms with Crippen LogP contribution in [0.2, 0.25) is 0 Å². The van der Waals surface area contributed by atoms with Gasteiger partial charge in [-0.05, 0) is 12.1 Å². The first kappa shape index (κ1) is 8.86. The van der Waals surface area contributed by atoms with Gasteiger partial charge in [-0.3, -0.25) is 20.2 Å². The maximum Gasteiger partial charge on any atom is 0.185 e. The molecule has 0 atom stereocenters. The van der Waals surface area contributed by atoms with Crippen molar-refractivity contribution in [3.05, 3.63) is 28.3 Å². The molecule has 0 aliphatic carbocycles. The number of nitrogens with zero attached hydrogens (tertiary/aromatic N) is 1. The zero-order chi connectivity index (χ0) is 9.14. The number of nitrogens with one attached hydrogen (secondary N) is 2. The Balaban J connectivity index is 3.28. The van der Waals surface area contributed by atoms with E-state index in [1.807, 2.05) is 0 Å². The molecule has 1 aromatic rings. The lowest BCUT2D eigenvalue weighted by Gasteiger charge is -2.01. The summed E-state index contributed by atoms with van der Waals surface area (Å²) in [6.45, 7) is 0. The number of aromatic nitrogens is 1.